The van der Waals surface area contributed by atoms with Gasteiger partial charge in [-0.3, -0.25) is 0 Å². The molecule has 5 atom stereocenters. The van der Waals surface area contributed by atoms with Crippen LogP contribution in [0.2, 0.25) is 0 Å². The second kappa shape index (κ2) is 5.00. The highest BCUT2D eigenvalue weighted by molar-refractivity contribution is 5.12. The number of aliphatic hydroxyl groups excluding tert-OH is 1. The fraction of sp³-hybridized carbons (Fsp3) is 0.900. The first-order chi connectivity index (χ1) is 10.2. The van der Waals surface area contributed by atoms with E-state index >= 15 is 0 Å². The van der Waals surface area contributed by atoms with Crippen molar-refractivity contribution in [1.82, 2.24) is 0 Å². The average molecular weight is 306 g/mol. The smallest absolute Gasteiger partial charge is 0.0874 e. The molecule has 0 aromatic rings. The van der Waals surface area contributed by atoms with Gasteiger partial charge in [0.2, 0.25) is 0 Å². The molecule has 3 fully saturated rings. The molecule has 0 bridgehead atoms. The average Bonchev–Trinajstić information content (AvgIpc) is 2.36. The fourth-order valence-electron chi connectivity index (χ4n) is 6.65. The molecule has 1 heterocycles. The summed E-state index contributed by atoms with van der Waals surface area (Å²) in [5.41, 5.74) is 0.553. The van der Waals surface area contributed by atoms with Crippen molar-refractivity contribution in [2.24, 2.45) is 22.7 Å². The third kappa shape index (κ3) is 2.33. The molecule has 1 saturated heterocycles. The van der Waals surface area contributed by atoms with Crippen LogP contribution < -0.4 is 0 Å². The third-order valence-electron chi connectivity index (χ3n) is 7.56. The lowest BCUT2D eigenvalue weighted by Crippen LogP contribution is -2.62. The van der Waals surface area contributed by atoms with Gasteiger partial charge in [-0.2, -0.15) is 0 Å². The van der Waals surface area contributed by atoms with Gasteiger partial charge in [0.1, 0.15) is 0 Å². The molecule has 2 nitrogen and oxygen atoms in total. The predicted octanol–water partition coefficient (Wildman–Crippen LogP) is 5.63. The fourth-order valence-corrected chi connectivity index (χ4v) is 6.65. The van der Waals surface area contributed by atoms with Gasteiger partial charge in [0.05, 0.1) is 17.5 Å². The molecule has 1 N–H and O–H groups in total. The molecular weight excluding hydrogens is 272 g/mol. The van der Waals surface area contributed by atoms with E-state index in [2.05, 4.69) is 34.6 Å². The molecule has 0 amide bonds. The van der Waals surface area contributed by atoms with E-state index in [0.29, 0.717) is 16.7 Å². The third-order valence-corrected chi connectivity index (χ3v) is 7.56. The molecule has 126 valence electrons. The zero-order chi connectivity index (χ0) is 16.2. The molecule has 0 aromatic carbocycles. The Bertz CT molecular complexity index is 468. The van der Waals surface area contributed by atoms with Crippen LogP contribution in [-0.2, 0) is 4.74 Å². The summed E-state index contributed by atoms with van der Waals surface area (Å²) < 4.78 is 6.64. The maximum Gasteiger partial charge on any atom is 0.0874 e. The van der Waals surface area contributed by atoms with Crippen LogP contribution in [0.25, 0.3) is 0 Å². The maximum absolute atomic E-state index is 9.21. The van der Waals surface area contributed by atoms with E-state index in [1.807, 2.05) is 6.08 Å². The Morgan fingerprint density at radius 2 is 1.59 bits per heavy atom. The number of aliphatic hydroxyl groups is 1. The predicted molar refractivity (Wildman–Crippen MR) is 90.9 cm³/mol. The van der Waals surface area contributed by atoms with Crippen molar-refractivity contribution in [3.8, 4) is 0 Å². The van der Waals surface area contributed by atoms with Crippen LogP contribution in [-0.4, -0.2) is 16.3 Å². The van der Waals surface area contributed by atoms with Gasteiger partial charge in [-0.1, -0.05) is 27.2 Å². The Morgan fingerprint density at radius 3 is 2.27 bits per heavy atom. The summed E-state index contributed by atoms with van der Waals surface area (Å²) in [7, 11) is 0. The van der Waals surface area contributed by atoms with Crippen molar-refractivity contribution in [3.05, 3.63) is 12.3 Å². The molecule has 3 aliphatic rings. The van der Waals surface area contributed by atoms with Crippen molar-refractivity contribution >= 4 is 0 Å². The van der Waals surface area contributed by atoms with Crippen LogP contribution >= 0.6 is 0 Å². The highest BCUT2D eigenvalue weighted by Gasteiger charge is 2.61. The van der Waals surface area contributed by atoms with Crippen molar-refractivity contribution in [1.29, 1.82) is 0 Å². The molecule has 0 spiro atoms. The first-order valence-electron chi connectivity index (χ1n) is 9.17. The summed E-state index contributed by atoms with van der Waals surface area (Å²) in [6, 6.07) is 0. The van der Waals surface area contributed by atoms with Crippen LogP contribution in [0.1, 0.15) is 79.6 Å². The van der Waals surface area contributed by atoms with E-state index in [0.717, 1.165) is 18.8 Å². The van der Waals surface area contributed by atoms with Gasteiger partial charge in [0.25, 0.3) is 0 Å². The molecule has 3 rings (SSSR count). The van der Waals surface area contributed by atoms with Crippen molar-refractivity contribution in [3.63, 3.8) is 0 Å². The van der Waals surface area contributed by atoms with Gasteiger partial charge >= 0.3 is 0 Å². The second-order valence-electron chi connectivity index (χ2n) is 9.57. The number of fused-ring (bicyclic) bond motifs is 3. The molecule has 2 aliphatic carbocycles. The van der Waals surface area contributed by atoms with Crippen LogP contribution in [0.5, 0.6) is 0 Å². The van der Waals surface area contributed by atoms with Crippen LogP contribution in [0.15, 0.2) is 12.3 Å². The van der Waals surface area contributed by atoms with Crippen molar-refractivity contribution < 1.29 is 9.84 Å². The normalized spacial score (nSPS) is 51.3. The Balaban J connectivity index is 1.92. The summed E-state index contributed by atoms with van der Waals surface area (Å²) in [5, 5.41) is 9.21. The van der Waals surface area contributed by atoms with Gasteiger partial charge in [-0.25, -0.2) is 0 Å². The van der Waals surface area contributed by atoms with Gasteiger partial charge in [-0.05, 0) is 81.1 Å². The first-order valence-corrected chi connectivity index (χ1v) is 9.17. The molecule has 22 heavy (non-hydrogen) atoms. The summed E-state index contributed by atoms with van der Waals surface area (Å²) >= 11 is 0. The van der Waals surface area contributed by atoms with E-state index in [1.165, 1.54) is 38.4 Å². The molecule has 2 saturated carbocycles. The Morgan fingerprint density at radius 1 is 0.909 bits per heavy atom. The molecule has 1 aliphatic heterocycles. The van der Waals surface area contributed by atoms with E-state index < -0.39 is 0 Å². The quantitative estimate of drug-likeness (QED) is 0.636. The summed E-state index contributed by atoms with van der Waals surface area (Å²) in [4.78, 5) is 0. The van der Waals surface area contributed by atoms with E-state index in [-0.39, 0.29) is 11.2 Å². The zero-order valence-corrected chi connectivity index (χ0v) is 15.1. The Kier molecular flexibility index (Phi) is 3.72. The number of rotatable bonds is 1. The van der Waals surface area contributed by atoms with Gasteiger partial charge in [0, 0.05) is 0 Å². The largest absolute Gasteiger partial charge is 0.516 e. The highest BCUT2D eigenvalue weighted by atomic mass is 16.5. The Hall–Kier alpha value is -0.500. The highest BCUT2D eigenvalue weighted by Crippen LogP contribution is 2.65. The maximum atomic E-state index is 9.21. The monoisotopic (exact) mass is 306 g/mol. The lowest BCUT2D eigenvalue weighted by atomic mass is 9.44. The summed E-state index contributed by atoms with van der Waals surface area (Å²) in [6.45, 7) is 12.0. The summed E-state index contributed by atoms with van der Waals surface area (Å²) in [5.74, 6) is 1.48. The topological polar surface area (TPSA) is 29.5 Å². The SMILES string of the molecule is CC1(/C=C/O)CC[C@@H]2[C@@]3(C)CCCC(C)(C)[C@@H]3CC[C@@]2(C)O1. The van der Waals surface area contributed by atoms with E-state index in [4.69, 9.17) is 4.74 Å². The first kappa shape index (κ1) is 16.4. The Labute approximate surface area is 136 Å². The minimum Gasteiger partial charge on any atom is -0.516 e. The lowest BCUT2D eigenvalue weighted by Gasteiger charge is -2.65. The number of ether oxygens (including phenoxy) is 1. The van der Waals surface area contributed by atoms with Crippen LogP contribution in [0.4, 0.5) is 0 Å². The van der Waals surface area contributed by atoms with Gasteiger partial charge in [-0.15, -0.1) is 0 Å². The van der Waals surface area contributed by atoms with Crippen molar-refractivity contribution in [2.75, 3.05) is 0 Å². The van der Waals surface area contributed by atoms with E-state index in [9.17, 15) is 5.11 Å². The second-order valence-corrected chi connectivity index (χ2v) is 9.57. The van der Waals surface area contributed by atoms with Gasteiger partial charge in [0.15, 0.2) is 0 Å². The minimum atomic E-state index is -0.298. The lowest BCUT2D eigenvalue weighted by molar-refractivity contribution is -0.253. The number of hydrogen-bond acceptors (Lipinski definition) is 2. The molecule has 0 aromatic heterocycles. The summed E-state index contributed by atoms with van der Waals surface area (Å²) in [6.07, 6.45) is 11.8. The minimum absolute atomic E-state index is 0.0365. The standard InChI is InChI=1S/C20H34O2/c1-17(2)9-6-10-19(4)15(17)8-12-20(5)16(19)7-11-18(3,22-20)13-14-21/h13-16,21H,6-12H2,1-5H3/b14-13+/t15-,16+,18?,19-,20+/m0/s1. The van der Waals surface area contributed by atoms with Crippen molar-refractivity contribution in [2.45, 2.75) is 90.8 Å². The number of hydrogen-bond donors (Lipinski definition) is 1. The van der Waals surface area contributed by atoms with Crippen LogP contribution in [0, 0.1) is 22.7 Å². The van der Waals surface area contributed by atoms with Crippen LogP contribution in [0.3, 0.4) is 0 Å². The molecular formula is C20H34O2. The zero-order valence-electron chi connectivity index (χ0n) is 15.1. The van der Waals surface area contributed by atoms with Gasteiger partial charge < -0.3 is 9.84 Å². The molecule has 2 heteroatoms. The van der Waals surface area contributed by atoms with E-state index in [1.54, 1.807) is 0 Å². The molecule has 1 unspecified atom stereocenters. The molecule has 0 radical (unpaired) electrons.